The first kappa shape index (κ1) is 16.4. The van der Waals surface area contributed by atoms with Crippen molar-refractivity contribution >= 4 is 33.3 Å². The molecule has 0 bridgehead atoms. The number of aromatic nitrogens is 2. The van der Waals surface area contributed by atoms with Crippen molar-refractivity contribution in [1.82, 2.24) is 15.1 Å². The molecule has 6 heteroatoms. The number of carbonyl (C=O) groups is 1. The molecule has 2 aromatic rings. The number of para-hydroxylation sites is 1. The topological polar surface area (TPSA) is 58.1 Å². The third-order valence-electron chi connectivity index (χ3n) is 3.21. The molecular weight excluding hydrogens is 344 g/mol. The lowest BCUT2D eigenvalue weighted by molar-refractivity contribution is 0.0786. The van der Waals surface area contributed by atoms with E-state index < -0.39 is 0 Å². The zero-order valence-corrected chi connectivity index (χ0v) is 14.3. The molecule has 1 N–H and O–H groups in total. The fourth-order valence-corrected chi connectivity index (χ4v) is 2.29. The average Bonchev–Trinajstić information content (AvgIpc) is 2.55. The van der Waals surface area contributed by atoms with Crippen molar-refractivity contribution in [3.8, 4) is 0 Å². The molecule has 0 aliphatic rings. The molecule has 0 radical (unpaired) electrons. The van der Waals surface area contributed by atoms with Crippen LogP contribution < -0.4 is 5.32 Å². The molecule has 2 rings (SSSR count). The summed E-state index contributed by atoms with van der Waals surface area (Å²) in [5, 5.41) is 11.2. The minimum atomic E-state index is -0.103. The maximum absolute atomic E-state index is 12.2. The SMILES string of the molecule is CCCCN(C)C(=O)c1ccc(Nc2ccccc2Br)nn1. The highest BCUT2D eigenvalue weighted by Crippen LogP contribution is 2.24. The van der Waals surface area contributed by atoms with Crippen LogP contribution in [0.1, 0.15) is 30.3 Å². The zero-order chi connectivity index (χ0) is 15.9. The third-order valence-corrected chi connectivity index (χ3v) is 3.91. The molecule has 1 aromatic carbocycles. The Balaban J connectivity index is 2.04. The lowest BCUT2D eigenvalue weighted by Crippen LogP contribution is -2.28. The molecule has 116 valence electrons. The van der Waals surface area contributed by atoms with Crippen LogP contribution in [0, 0.1) is 0 Å². The van der Waals surface area contributed by atoms with Crippen LogP contribution in [0.2, 0.25) is 0 Å². The van der Waals surface area contributed by atoms with Gasteiger partial charge in [-0.15, -0.1) is 10.2 Å². The van der Waals surface area contributed by atoms with Crippen LogP contribution in [-0.2, 0) is 0 Å². The van der Waals surface area contributed by atoms with Crippen molar-refractivity contribution in [3.63, 3.8) is 0 Å². The quantitative estimate of drug-likeness (QED) is 0.847. The Bertz CT molecular complexity index is 630. The molecule has 1 amide bonds. The van der Waals surface area contributed by atoms with Gasteiger partial charge in [-0.05, 0) is 46.6 Å². The van der Waals surface area contributed by atoms with Crippen molar-refractivity contribution in [2.24, 2.45) is 0 Å². The molecule has 22 heavy (non-hydrogen) atoms. The van der Waals surface area contributed by atoms with Crippen LogP contribution in [0.15, 0.2) is 40.9 Å². The molecule has 0 saturated heterocycles. The van der Waals surface area contributed by atoms with Gasteiger partial charge < -0.3 is 10.2 Å². The van der Waals surface area contributed by atoms with E-state index in [0.29, 0.717) is 11.5 Å². The second kappa shape index (κ2) is 7.89. The Morgan fingerprint density at radius 3 is 2.64 bits per heavy atom. The number of hydrogen-bond donors (Lipinski definition) is 1. The molecule has 0 spiro atoms. The fraction of sp³-hybridized carbons (Fsp3) is 0.312. The summed E-state index contributed by atoms with van der Waals surface area (Å²) >= 11 is 3.46. The zero-order valence-electron chi connectivity index (χ0n) is 12.7. The summed E-state index contributed by atoms with van der Waals surface area (Å²) in [4.78, 5) is 13.8. The summed E-state index contributed by atoms with van der Waals surface area (Å²) in [6, 6.07) is 11.2. The van der Waals surface area contributed by atoms with E-state index >= 15 is 0 Å². The number of unbranched alkanes of at least 4 members (excludes halogenated alkanes) is 1. The molecule has 1 aromatic heterocycles. The molecule has 5 nitrogen and oxygen atoms in total. The lowest BCUT2D eigenvalue weighted by Gasteiger charge is -2.15. The molecule has 0 fully saturated rings. The molecule has 0 aliphatic heterocycles. The number of rotatable bonds is 6. The smallest absolute Gasteiger partial charge is 0.274 e. The van der Waals surface area contributed by atoms with Gasteiger partial charge in [0.15, 0.2) is 11.5 Å². The standard InChI is InChI=1S/C16H19BrN4O/c1-3-4-11-21(2)16(22)14-9-10-15(20-19-14)18-13-8-6-5-7-12(13)17/h5-10H,3-4,11H2,1-2H3,(H,18,20). The highest BCUT2D eigenvalue weighted by Gasteiger charge is 2.13. The van der Waals surface area contributed by atoms with Crippen molar-refractivity contribution < 1.29 is 4.79 Å². The summed E-state index contributed by atoms with van der Waals surface area (Å²) in [6.45, 7) is 2.83. The Kier molecular flexibility index (Phi) is 5.89. The summed E-state index contributed by atoms with van der Waals surface area (Å²) in [5.41, 5.74) is 1.26. The van der Waals surface area contributed by atoms with Gasteiger partial charge in [0.1, 0.15) is 0 Å². The van der Waals surface area contributed by atoms with E-state index in [1.54, 1.807) is 24.1 Å². The van der Waals surface area contributed by atoms with Gasteiger partial charge in [0.2, 0.25) is 0 Å². The van der Waals surface area contributed by atoms with Crippen LogP contribution in [-0.4, -0.2) is 34.6 Å². The van der Waals surface area contributed by atoms with Crippen LogP contribution in [0.5, 0.6) is 0 Å². The molecule has 0 aliphatic carbocycles. The van der Waals surface area contributed by atoms with Crippen molar-refractivity contribution in [2.45, 2.75) is 19.8 Å². The molecular formula is C16H19BrN4O. The number of halogens is 1. The van der Waals surface area contributed by atoms with Gasteiger partial charge in [-0.1, -0.05) is 25.5 Å². The molecule has 0 saturated carbocycles. The molecule has 1 heterocycles. The first-order valence-corrected chi connectivity index (χ1v) is 8.02. The van der Waals surface area contributed by atoms with E-state index in [9.17, 15) is 4.79 Å². The number of nitrogens with one attached hydrogen (secondary N) is 1. The number of anilines is 2. The van der Waals surface area contributed by atoms with Crippen LogP contribution in [0.25, 0.3) is 0 Å². The largest absolute Gasteiger partial charge is 0.340 e. The van der Waals surface area contributed by atoms with Crippen LogP contribution >= 0.6 is 15.9 Å². The normalized spacial score (nSPS) is 10.3. The Hall–Kier alpha value is -1.95. The Morgan fingerprint density at radius 2 is 2.00 bits per heavy atom. The van der Waals surface area contributed by atoms with Gasteiger partial charge in [0, 0.05) is 18.1 Å². The van der Waals surface area contributed by atoms with Gasteiger partial charge in [0.25, 0.3) is 5.91 Å². The summed E-state index contributed by atoms with van der Waals surface area (Å²) in [5.74, 6) is 0.494. The van der Waals surface area contributed by atoms with Gasteiger partial charge >= 0.3 is 0 Å². The lowest BCUT2D eigenvalue weighted by atomic mass is 10.3. The number of benzene rings is 1. The van der Waals surface area contributed by atoms with E-state index in [2.05, 4.69) is 38.4 Å². The Morgan fingerprint density at radius 1 is 1.23 bits per heavy atom. The van der Waals surface area contributed by atoms with Gasteiger partial charge in [-0.25, -0.2) is 0 Å². The number of amides is 1. The number of nitrogens with zero attached hydrogens (tertiary/aromatic N) is 3. The van der Waals surface area contributed by atoms with Gasteiger partial charge in [-0.3, -0.25) is 4.79 Å². The monoisotopic (exact) mass is 362 g/mol. The van der Waals surface area contributed by atoms with E-state index in [4.69, 9.17) is 0 Å². The van der Waals surface area contributed by atoms with Crippen LogP contribution in [0.4, 0.5) is 11.5 Å². The second-order valence-electron chi connectivity index (χ2n) is 4.99. The highest BCUT2D eigenvalue weighted by atomic mass is 79.9. The number of carbonyl (C=O) groups excluding carboxylic acids is 1. The highest BCUT2D eigenvalue weighted by molar-refractivity contribution is 9.10. The third kappa shape index (κ3) is 4.27. The first-order chi connectivity index (χ1) is 10.6. The molecule has 0 atom stereocenters. The van der Waals surface area contributed by atoms with E-state index in [-0.39, 0.29) is 5.91 Å². The Labute approximate surface area is 138 Å². The summed E-state index contributed by atoms with van der Waals surface area (Å²) in [7, 11) is 1.78. The van der Waals surface area contributed by atoms with E-state index in [1.807, 2.05) is 24.3 Å². The number of hydrogen-bond acceptors (Lipinski definition) is 4. The van der Waals surface area contributed by atoms with Crippen LogP contribution in [0.3, 0.4) is 0 Å². The van der Waals surface area contributed by atoms with Gasteiger partial charge in [0.05, 0.1) is 5.69 Å². The van der Waals surface area contributed by atoms with Gasteiger partial charge in [-0.2, -0.15) is 0 Å². The molecule has 0 unspecified atom stereocenters. The van der Waals surface area contributed by atoms with Crippen molar-refractivity contribution in [1.29, 1.82) is 0 Å². The maximum Gasteiger partial charge on any atom is 0.274 e. The van der Waals surface area contributed by atoms with Crippen molar-refractivity contribution in [2.75, 3.05) is 18.9 Å². The average molecular weight is 363 g/mol. The summed E-state index contributed by atoms with van der Waals surface area (Å²) < 4.78 is 0.941. The predicted molar refractivity (Wildman–Crippen MR) is 91.3 cm³/mol. The fourth-order valence-electron chi connectivity index (χ4n) is 1.91. The predicted octanol–water partition coefficient (Wildman–Crippen LogP) is 3.85. The first-order valence-electron chi connectivity index (χ1n) is 7.22. The minimum Gasteiger partial charge on any atom is -0.340 e. The maximum atomic E-state index is 12.2. The van der Waals surface area contributed by atoms with E-state index in [0.717, 1.165) is 29.5 Å². The minimum absolute atomic E-state index is 0.103. The second-order valence-corrected chi connectivity index (χ2v) is 5.84. The van der Waals surface area contributed by atoms with E-state index in [1.165, 1.54) is 0 Å². The van der Waals surface area contributed by atoms with Crippen molar-refractivity contribution in [3.05, 3.63) is 46.6 Å². The summed E-state index contributed by atoms with van der Waals surface area (Å²) in [6.07, 6.45) is 2.04.